The molecule has 3 rings (SSSR count). The summed E-state index contributed by atoms with van der Waals surface area (Å²) < 4.78 is 21.6. The van der Waals surface area contributed by atoms with Crippen LogP contribution in [0.3, 0.4) is 0 Å². The van der Waals surface area contributed by atoms with Gasteiger partial charge >= 0.3 is 0 Å². The van der Waals surface area contributed by atoms with Crippen molar-refractivity contribution in [1.82, 2.24) is 10.6 Å². The van der Waals surface area contributed by atoms with E-state index in [1.54, 1.807) is 39.3 Å². The number of hydrogen-bond donors (Lipinski definition) is 3. The molecule has 8 nitrogen and oxygen atoms in total. The summed E-state index contributed by atoms with van der Waals surface area (Å²) in [5, 5.41) is 9.81. The van der Waals surface area contributed by atoms with Crippen LogP contribution in [-0.4, -0.2) is 39.5 Å². The molecule has 0 fully saturated rings. The lowest BCUT2D eigenvalue weighted by molar-refractivity contribution is -0.113. The SMILES string of the molecule is COc1cc(NC(=O)C2=C(C)NC(=S)NC2c2cccc(OC)c2OC)c(OC)cc1Cl. The average Bonchev–Trinajstić information content (AvgIpc) is 2.78. The lowest BCUT2D eigenvalue weighted by Crippen LogP contribution is -2.45. The molecule has 1 atom stereocenters. The maximum Gasteiger partial charge on any atom is 0.255 e. The normalized spacial score (nSPS) is 15.4. The van der Waals surface area contributed by atoms with Crippen molar-refractivity contribution in [2.45, 2.75) is 13.0 Å². The van der Waals surface area contributed by atoms with Gasteiger partial charge in [0.15, 0.2) is 16.6 Å². The highest BCUT2D eigenvalue weighted by molar-refractivity contribution is 7.80. The molecule has 10 heteroatoms. The fourth-order valence-electron chi connectivity index (χ4n) is 3.52. The Morgan fingerprint density at radius 3 is 2.34 bits per heavy atom. The van der Waals surface area contributed by atoms with Crippen LogP contribution in [0.1, 0.15) is 18.5 Å². The number of allylic oxidation sites excluding steroid dienone is 1. The Labute approximate surface area is 196 Å². The van der Waals surface area contributed by atoms with Gasteiger partial charge in [0, 0.05) is 23.4 Å². The Kier molecular flexibility index (Phi) is 7.32. The number of nitrogens with one attached hydrogen (secondary N) is 3. The minimum absolute atomic E-state index is 0.364. The summed E-state index contributed by atoms with van der Waals surface area (Å²) in [5.41, 5.74) is 2.12. The van der Waals surface area contributed by atoms with E-state index in [1.807, 2.05) is 12.1 Å². The van der Waals surface area contributed by atoms with E-state index in [1.165, 1.54) is 14.2 Å². The molecule has 0 spiro atoms. The molecule has 1 aliphatic heterocycles. The largest absolute Gasteiger partial charge is 0.495 e. The smallest absolute Gasteiger partial charge is 0.255 e. The van der Waals surface area contributed by atoms with Gasteiger partial charge in [0.05, 0.1) is 50.8 Å². The quantitative estimate of drug-likeness (QED) is 0.519. The lowest BCUT2D eigenvalue weighted by Gasteiger charge is -2.31. The number of methoxy groups -OCH3 is 4. The first-order valence-corrected chi connectivity index (χ1v) is 10.3. The topological polar surface area (TPSA) is 90.1 Å². The van der Waals surface area contributed by atoms with E-state index in [9.17, 15) is 4.79 Å². The van der Waals surface area contributed by atoms with Gasteiger partial charge in [-0.25, -0.2) is 0 Å². The Morgan fingerprint density at radius 2 is 1.72 bits per heavy atom. The van der Waals surface area contributed by atoms with Gasteiger partial charge in [-0.15, -0.1) is 0 Å². The molecule has 1 amide bonds. The molecule has 0 saturated carbocycles. The third-order valence-corrected chi connectivity index (χ3v) is 5.50. The van der Waals surface area contributed by atoms with Crippen LogP contribution in [0, 0.1) is 0 Å². The summed E-state index contributed by atoms with van der Waals surface area (Å²) in [6.45, 7) is 1.78. The fourth-order valence-corrected chi connectivity index (χ4v) is 4.02. The van der Waals surface area contributed by atoms with Crippen molar-refractivity contribution < 1.29 is 23.7 Å². The van der Waals surface area contributed by atoms with Gasteiger partial charge in [-0.3, -0.25) is 4.79 Å². The second-order valence-corrected chi connectivity index (χ2v) is 7.61. The van der Waals surface area contributed by atoms with Gasteiger partial charge in [0.2, 0.25) is 0 Å². The molecule has 1 aliphatic rings. The zero-order chi connectivity index (χ0) is 23.4. The number of anilines is 1. The summed E-state index contributed by atoms with van der Waals surface area (Å²) in [6.07, 6.45) is 0. The molecule has 0 saturated heterocycles. The number of para-hydroxylation sites is 1. The second kappa shape index (κ2) is 9.97. The predicted octanol–water partition coefficient (Wildman–Crippen LogP) is 3.81. The van der Waals surface area contributed by atoms with Crippen LogP contribution < -0.4 is 34.9 Å². The highest BCUT2D eigenvalue weighted by atomic mass is 35.5. The highest BCUT2D eigenvalue weighted by Crippen LogP contribution is 2.40. The summed E-state index contributed by atoms with van der Waals surface area (Å²) >= 11 is 11.5. The molecular formula is C22H24ClN3O5S. The number of amides is 1. The van der Waals surface area contributed by atoms with Gasteiger partial charge in [0.1, 0.15) is 11.5 Å². The monoisotopic (exact) mass is 477 g/mol. The Bertz CT molecular complexity index is 1090. The van der Waals surface area contributed by atoms with Gasteiger partial charge in [-0.05, 0) is 25.2 Å². The van der Waals surface area contributed by atoms with Crippen LogP contribution in [0.5, 0.6) is 23.0 Å². The fraction of sp³-hybridized carbons (Fsp3) is 0.273. The zero-order valence-corrected chi connectivity index (χ0v) is 19.9. The minimum Gasteiger partial charge on any atom is -0.495 e. The van der Waals surface area contributed by atoms with E-state index in [4.69, 9.17) is 42.8 Å². The first-order valence-electron chi connectivity index (χ1n) is 9.56. The summed E-state index contributed by atoms with van der Waals surface area (Å²) in [5.74, 6) is 1.46. The van der Waals surface area contributed by atoms with E-state index in [2.05, 4.69) is 16.0 Å². The molecule has 0 radical (unpaired) electrons. The predicted molar refractivity (Wildman–Crippen MR) is 127 cm³/mol. The third-order valence-electron chi connectivity index (χ3n) is 4.98. The average molecular weight is 478 g/mol. The van der Waals surface area contributed by atoms with Crippen LogP contribution >= 0.6 is 23.8 Å². The standard InChI is InChI=1S/C22H24ClN3O5S/c1-11-18(21(27)25-14-10-16(29-3)13(23)9-17(14)30-4)19(26-22(32)24-11)12-7-6-8-15(28-2)20(12)31-5/h6-10,19H,1-5H3,(H,25,27)(H2,24,26,32). The first kappa shape index (κ1) is 23.5. The first-order chi connectivity index (χ1) is 15.3. The van der Waals surface area contributed by atoms with Gasteiger partial charge in [0.25, 0.3) is 5.91 Å². The molecule has 1 unspecified atom stereocenters. The van der Waals surface area contributed by atoms with E-state index in [0.29, 0.717) is 55.7 Å². The zero-order valence-electron chi connectivity index (χ0n) is 18.3. The van der Waals surface area contributed by atoms with Gasteiger partial charge in [-0.1, -0.05) is 23.7 Å². The maximum absolute atomic E-state index is 13.5. The number of carbonyl (C=O) groups excluding carboxylic acids is 1. The van der Waals surface area contributed by atoms with Crippen LogP contribution in [0.2, 0.25) is 5.02 Å². The Balaban J connectivity index is 2.06. The van der Waals surface area contributed by atoms with E-state index in [0.717, 1.165) is 0 Å². The van der Waals surface area contributed by atoms with Gasteiger partial charge in [-0.2, -0.15) is 0 Å². The summed E-state index contributed by atoms with van der Waals surface area (Å²) in [6, 6.07) is 8.04. The molecule has 0 aromatic heterocycles. The van der Waals surface area contributed by atoms with Crippen molar-refractivity contribution in [1.29, 1.82) is 0 Å². The molecule has 3 N–H and O–H groups in total. The third kappa shape index (κ3) is 4.53. The van der Waals surface area contributed by atoms with Crippen molar-refractivity contribution in [2.75, 3.05) is 33.8 Å². The lowest BCUT2D eigenvalue weighted by atomic mass is 9.93. The summed E-state index contributed by atoms with van der Waals surface area (Å²) in [7, 11) is 6.08. The molecule has 32 heavy (non-hydrogen) atoms. The molecule has 1 heterocycles. The van der Waals surface area contributed by atoms with Crippen molar-refractivity contribution in [2.24, 2.45) is 0 Å². The molecule has 0 aliphatic carbocycles. The number of benzene rings is 2. The van der Waals surface area contributed by atoms with E-state index >= 15 is 0 Å². The molecule has 2 aromatic rings. The molecular weight excluding hydrogens is 454 g/mol. The Morgan fingerprint density at radius 1 is 1.03 bits per heavy atom. The van der Waals surface area contributed by atoms with Crippen LogP contribution in [0.15, 0.2) is 41.6 Å². The highest BCUT2D eigenvalue weighted by Gasteiger charge is 2.33. The van der Waals surface area contributed by atoms with Crippen LogP contribution in [-0.2, 0) is 4.79 Å². The number of carbonyl (C=O) groups is 1. The van der Waals surface area contributed by atoms with Crippen molar-refractivity contribution in [3.05, 3.63) is 52.2 Å². The van der Waals surface area contributed by atoms with Crippen molar-refractivity contribution in [3.63, 3.8) is 0 Å². The van der Waals surface area contributed by atoms with E-state index in [-0.39, 0.29) is 5.91 Å². The second-order valence-electron chi connectivity index (χ2n) is 6.79. The molecule has 170 valence electrons. The number of ether oxygens (including phenoxy) is 4. The molecule has 0 bridgehead atoms. The number of hydrogen-bond acceptors (Lipinski definition) is 6. The van der Waals surface area contributed by atoms with Crippen LogP contribution in [0.25, 0.3) is 0 Å². The number of halogens is 1. The maximum atomic E-state index is 13.5. The molecule has 2 aromatic carbocycles. The van der Waals surface area contributed by atoms with Crippen molar-refractivity contribution in [3.8, 4) is 23.0 Å². The number of thiocarbonyl (C=S) groups is 1. The number of rotatable bonds is 7. The van der Waals surface area contributed by atoms with Gasteiger partial charge < -0.3 is 34.9 Å². The van der Waals surface area contributed by atoms with Crippen LogP contribution in [0.4, 0.5) is 5.69 Å². The minimum atomic E-state index is -0.589. The summed E-state index contributed by atoms with van der Waals surface area (Å²) in [4.78, 5) is 13.5. The van der Waals surface area contributed by atoms with Crippen molar-refractivity contribution >= 4 is 40.5 Å². The Hall–Kier alpha value is -3.17. The van der Waals surface area contributed by atoms with E-state index < -0.39 is 6.04 Å².